The predicted molar refractivity (Wildman–Crippen MR) is 91.1 cm³/mol. The van der Waals surface area contributed by atoms with Gasteiger partial charge in [0.05, 0.1) is 12.7 Å². The number of carbonyl (C=O) groups is 1. The lowest BCUT2D eigenvalue weighted by atomic mass is 10.0. The molecule has 0 radical (unpaired) electrons. The molecule has 0 bridgehead atoms. The number of halogens is 5. The van der Waals surface area contributed by atoms with Crippen LogP contribution in [0.15, 0.2) is 42.5 Å². The number of ether oxygens (including phenoxy) is 1. The monoisotopic (exact) mass is 396 g/mol. The number of benzene rings is 2. The number of ketones is 1. The molecule has 8 heteroatoms. The topological polar surface area (TPSA) is 26.3 Å². The zero-order valence-corrected chi connectivity index (χ0v) is 15.5. The van der Waals surface area contributed by atoms with Crippen LogP contribution in [-0.2, 0) is 0 Å². The van der Waals surface area contributed by atoms with Crippen LogP contribution in [-0.4, -0.2) is 24.3 Å². The first-order chi connectivity index (χ1) is 10.3. The molecule has 0 aromatic heterocycles. The number of carbonyl (C=O) groups excluding carboxylic acids is 1. The molecule has 0 atom stereocenters. The van der Waals surface area contributed by atoms with Crippen LogP contribution in [0.25, 0.3) is 0 Å². The molecule has 2 aromatic carbocycles. The van der Waals surface area contributed by atoms with Crippen molar-refractivity contribution in [1.82, 2.24) is 0 Å². The van der Waals surface area contributed by atoms with Crippen molar-refractivity contribution in [2.24, 2.45) is 0 Å². The Morgan fingerprint density at radius 3 is 2.09 bits per heavy atom. The molecule has 0 aliphatic heterocycles. The third kappa shape index (κ3) is 6.34. The van der Waals surface area contributed by atoms with E-state index in [1.165, 1.54) is 19.2 Å². The maximum absolute atomic E-state index is 13.7. The van der Waals surface area contributed by atoms with Crippen molar-refractivity contribution >= 4 is 58.9 Å². The summed E-state index contributed by atoms with van der Waals surface area (Å²) in [5.74, 6) is -0.610. The van der Waals surface area contributed by atoms with Gasteiger partial charge in [0.15, 0.2) is 5.78 Å². The Morgan fingerprint density at radius 1 is 1.09 bits per heavy atom. The third-order valence-corrected chi connectivity index (χ3v) is 2.78. The number of hydrogen-bond donors (Lipinski definition) is 0. The molecule has 0 saturated carbocycles. The molecular weight excluding hydrogens is 388 g/mol. The summed E-state index contributed by atoms with van der Waals surface area (Å²) in [6, 6.07) is 10.5. The number of hydrogen-bond acceptors (Lipinski definition) is 2. The average molecular weight is 398 g/mol. The van der Waals surface area contributed by atoms with Crippen molar-refractivity contribution in [1.29, 1.82) is 0 Å². The van der Waals surface area contributed by atoms with Gasteiger partial charge in [-0.25, -0.2) is 34.5 Å². The molecule has 0 amide bonds. The standard InChI is InChI=1S/C14H10ClFO2.Al.3ClH/c1-18-11-6-7-12(13(16)8-11)14(17)9-2-4-10(15)5-3-9;;;;/h2-8H,1H3;;3*1H/q;+3;;;/p-3. The largest absolute Gasteiger partial charge is 0.643 e. The van der Waals surface area contributed by atoms with Crippen LogP contribution in [0.4, 0.5) is 4.39 Å². The second kappa shape index (κ2) is 9.62. The molecule has 22 heavy (non-hydrogen) atoms. The van der Waals surface area contributed by atoms with E-state index in [0.717, 1.165) is 0 Å². The van der Waals surface area contributed by atoms with Crippen LogP contribution in [0.2, 0.25) is 5.02 Å². The minimum Gasteiger partial charge on any atom is -0.497 e. The van der Waals surface area contributed by atoms with Crippen LogP contribution < -0.4 is 4.74 Å². The molecular formula is C14H10AlCl4FO2. The number of rotatable bonds is 3. The molecule has 2 nitrogen and oxygen atoms in total. The Balaban J connectivity index is 0.000000541. The van der Waals surface area contributed by atoms with E-state index >= 15 is 0 Å². The SMILES string of the molecule is COc1ccc(C(=O)c2ccc(Cl)cc2)c(F)c1.[Cl][Al]([Cl])[Cl]. The summed E-state index contributed by atoms with van der Waals surface area (Å²) in [6.45, 7) is 0. The molecule has 0 N–H and O–H groups in total. The first-order valence-corrected chi connectivity index (χ1v) is 11.5. The third-order valence-electron chi connectivity index (χ3n) is 2.53. The molecule has 0 fully saturated rings. The maximum atomic E-state index is 13.7. The van der Waals surface area contributed by atoms with Gasteiger partial charge in [-0.15, -0.1) is 0 Å². The van der Waals surface area contributed by atoms with Crippen molar-refractivity contribution in [3.05, 3.63) is 64.4 Å². The zero-order valence-electron chi connectivity index (χ0n) is 11.3. The Hall–Kier alpha value is -0.468. The highest BCUT2D eigenvalue weighted by Gasteiger charge is 2.14. The van der Waals surface area contributed by atoms with Gasteiger partial charge >= 0.3 is 11.4 Å². The van der Waals surface area contributed by atoms with E-state index in [2.05, 4.69) is 0 Å². The average Bonchev–Trinajstić information content (AvgIpc) is 2.46. The van der Waals surface area contributed by atoms with Gasteiger partial charge in [0.1, 0.15) is 11.6 Å². The maximum Gasteiger partial charge on any atom is 0.643 e. The van der Waals surface area contributed by atoms with Crippen molar-refractivity contribution < 1.29 is 13.9 Å². The predicted octanol–water partition coefficient (Wildman–Crippen LogP) is 5.41. The second-order valence-corrected chi connectivity index (χ2v) is 10.8. The lowest BCUT2D eigenvalue weighted by molar-refractivity contribution is 0.103. The van der Waals surface area contributed by atoms with Crippen LogP contribution in [0, 0.1) is 5.82 Å². The molecule has 2 rings (SSSR count). The molecule has 116 valence electrons. The van der Waals surface area contributed by atoms with Crippen LogP contribution >= 0.6 is 41.7 Å². The zero-order chi connectivity index (χ0) is 16.7. The van der Waals surface area contributed by atoms with E-state index in [9.17, 15) is 9.18 Å². The lowest BCUT2D eigenvalue weighted by Gasteiger charge is -2.05. The molecule has 0 aliphatic carbocycles. The van der Waals surface area contributed by atoms with Gasteiger partial charge in [0.2, 0.25) is 0 Å². The van der Waals surface area contributed by atoms with Gasteiger partial charge in [-0.2, -0.15) is 0 Å². The van der Waals surface area contributed by atoms with E-state index in [4.69, 9.17) is 46.5 Å². The Bertz CT molecular complexity index is 632. The minimum atomic E-state index is -1.72. The summed E-state index contributed by atoms with van der Waals surface area (Å²) >= 11 is 4.01. The van der Waals surface area contributed by atoms with Gasteiger partial charge in [0, 0.05) is 16.7 Å². The van der Waals surface area contributed by atoms with E-state index in [0.29, 0.717) is 16.3 Å². The first-order valence-electron chi connectivity index (χ1n) is 5.91. The Labute approximate surface area is 149 Å². The first kappa shape index (κ1) is 19.6. The van der Waals surface area contributed by atoms with Gasteiger partial charge < -0.3 is 4.74 Å². The molecule has 0 heterocycles. The molecule has 0 aliphatic rings. The molecule has 2 aromatic rings. The highest BCUT2D eigenvalue weighted by molar-refractivity contribution is 7.54. The summed E-state index contributed by atoms with van der Waals surface area (Å²) in [6.07, 6.45) is 0. The van der Waals surface area contributed by atoms with Crippen molar-refractivity contribution in [3.63, 3.8) is 0 Å². The number of methoxy groups -OCH3 is 1. The molecule has 0 saturated heterocycles. The van der Waals surface area contributed by atoms with Crippen LogP contribution in [0.1, 0.15) is 15.9 Å². The lowest BCUT2D eigenvalue weighted by Crippen LogP contribution is -2.04. The Morgan fingerprint density at radius 2 is 1.64 bits per heavy atom. The van der Waals surface area contributed by atoms with E-state index in [1.807, 2.05) is 0 Å². The van der Waals surface area contributed by atoms with Gasteiger partial charge in [-0.3, -0.25) is 4.79 Å². The van der Waals surface area contributed by atoms with Crippen LogP contribution in [0.5, 0.6) is 5.75 Å². The second-order valence-electron chi connectivity index (χ2n) is 3.93. The van der Waals surface area contributed by atoms with E-state index < -0.39 is 17.2 Å². The van der Waals surface area contributed by atoms with Crippen molar-refractivity contribution in [2.45, 2.75) is 0 Å². The summed E-state index contributed by atoms with van der Waals surface area (Å²) in [5, 5.41) is 0.529. The fourth-order valence-corrected chi connectivity index (χ4v) is 1.69. The fourth-order valence-electron chi connectivity index (χ4n) is 1.56. The summed E-state index contributed by atoms with van der Waals surface area (Å²) in [5.41, 5.74) is 0.404. The quantitative estimate of drug-likeness (QED) is 0.511. The van der Waals surface area contributed by atoms with Gasteiger partial charge in [0.25, 0.3) is 0 Å². The van der Waals surface area contributed by atoms with E-state index in [1.54, 1.807) is 30.3 Å². The molecule has 0 unspecified atom stereocenters. The summed E-state index contributed by atoms with van der Waals surface area (Å²) in [4.78, 5) is 12.1. The minimum absolute atomic E-state index is 0.0122. The Kier molecular flexibility index (Phi) is 8.56. The summed E-state index contributed by atoms with van der Waals surface area (Å²) < 4.78 is 18.6. The molecule has 0 spiro atoms. The van der Waals surface area contributed by atoms with E-state index in [-0.39, 0.29) is 11.3 Å². The van der Waals surface area contributed by atoms with Gasteiger partial charge in [-0.05, 0) is 36.4 Å². The smallest absolute Gasteiger partial charge is 0.497 e. The normalized spacial score (nSPS) is 9.55. The fraction of sp³-hybridized carbons (Fsp3) is 0.0714. The highest BCUT2D eigenvalue weighted by atomic mass is 35.8. The van der Waals surface area contributed by atoms with Gasteiger partial charge in [-0.1, -0.05) is 11.6 Å². The van der Waals surface area contributed by atoms with Crippen molar-refractivity contribution in [2.75, 3.05) is 7.11 Å². The van der Waals surface area contributed by atoms with Crippen molar-refractivity contribution in [3.8, 4) is 5.75 Å². The van der Waals surface area contributed by atoms with Crippen LogP contribution in [0.3, 0.4) is 0 Å². The summed E-state index contributed by atoms with van der Waals surface area (Å²) in [7, 11) is 16.3. The highest BCUT2D eigenvalue weighted by Crippen LogP contribution is 2.20.